The number of halogens is 3. The molecule has 0 fully saturated rings. The van der Waals surface area contributed by atoms with E-state index in [0.717, 1.165) is 0 Å². The Hall–Kier alpha value is -3.58. The van der Waals surface area contributed by atoms with E-state index < -0.39 is 30.8 Å². The highest BCUT2D eigenvalue weighted by molar-refractivity contribution is 6.03. The summed E-state index contributed by atoms with van der Waals surface area (Å²) in [5.41, 5.74) is -3.00. The summed E-state index contributed by atoms with van der Waals surface area (Å²) in [4.78, 5) is 12.5. The molecule has 0 radical (unpaired) electrons. The van der Waals surface area contributed by atoms with Gasteiger partial charge in [-0.25, -0.2) is 0 Å². The molecular weight excluding hydrogens is 403 g/mol. The normalized spacial score (nSPS) is 18.5. The van der Waals surface area contributed by atoms with Gasteiger partial charge in [-0.3, -0.25) is 4.79 Å². The Morgan fingerprint density at radius 2 is 1.97 bits per heavy atom. The molecule has 30 heavy (non-hydrogen) atoms. The largest absolute Gasteiger partial charge is 0.497 e. The molecule has 1 heterocycles. The highest BCUT2D eigenvalue weighted by atomic mass is 19.4. The van der Waals surface area contributed by atoms with E-state index >= 15 is 0 Å². The van der Waals surface area contributed by atoms with Gasteiger partial charge in [0.15, 0.2) is 6.61 Å². The highest BCUT2D eigenvalue weighted by Crippen LogP contribution is 2.41. The fraction of sp³-hybridized carbons (Fsp3) is 0.250. The van der Waals surface area contributed by atoms with E-state index in [1.807, 2.05) is 6.07 Å². The quantitative estimate of drug-likeness (QED) is 0.804. The predicted octanol–water partition coefficient (Wildman–Crippen LogP) is 2.83. The number of methoxy groups -OCH3 is 1. The van der Waals surface area contributed by atoms with Crippen molar-refractivity contribution in [3.63, 3.8) is 0 Å². The lowest BCUT2D eigenvalue weighted by Crippen LogP contribution is -2.57. The lowest BCUT2D eigenvalue weighted by Gasteiger charge is -2.32. The van der Waals surface area contributed by atoms with Gasteiger partial charge >= 0.3 is 6.18 Å². The van der Waals surface area contributed by atoms with Gasteiger partial charge < -0.3 is 14.6 Å². The molecule has 7 nitrogen and oxygen atoms in total. The second-order valence-electron chi connectivity index (χ2n) is 6.40. The lowest BCUT2D eigenvalue weighted by atomic mass is 10.0. The van der Waals surface area contributed by atoms with E-state index in [0.29, 0.717) is 11.3 Å². The molecule has 0 aliphatic carbocycles. The number of nitrogens with zero attached hydrogens (tertiary/aromatic N) is 3. The topological polar surface area (TPSA) is 95.1 Å². The minimum Gasteiger partial charge on any atom is -0.497 e. The molecule has 0 unspecified atom stereocenters. The van der Waals surface area contributed by atoms with Crippen LogP contribution in [0.15, 0.2) is 53.6 Å². The minimum absolute atomic E-state index is 0.00541. The summed E-state index contributed by atoms with van der Waals surface area (Å²) in [7, 11) is 1.40. The predicted molar refractivity (Wildman–Crippen MR) is 98.7 cm³/mol. The average molecular weight is 419 g/mol. The van der Waals surface area contributed by atoms with Crippen molar-refractivity contribution in [1.82, 2.24) is 5.01 Å². The Bertz CT molecular complexity index is 1020. The molecular formula is C20H16F3N3O4. The maximum Gasteiger partial charge on any atom is 0.438 e. The maximum atomic E-state index is 13.6. The number of hydrogen-bond donors (Lipinski definition) is 1. The van der Waals surface area contributed by atoms with E-state index in [-0.39, 0.29) is 22.0 Å². The van der Waals surface area contributed by atoms with Crippen LogP contribution in [0, 0.1) is 11.3 Å². The summed E-state index contributed by atoms with van der Waals surface area (Å²) in [6.45, 7) is -0.792. The van der Waals surface area contributed by atoms with Crippen molar-refractivity contribution in [2.75, 3.05) is 13.7 Å². The third-order valence-electron chi connectivity index (χ3n) is 4.42. The van der Waals surface area contributed by atoms with Crippen molar-refractivity contribution in [1.29, 1.82) is 5.26 Å². The zero-order valence-electron chi connectivity index (χ0n) is 15.7. The standard InChI is InChI=1S/C20H16F3N3O4/c1-29-16-4-2-3-14(9-16)17-10-19(28,20(21,22)23)26(25-17)18(27)12-30-15-7-5-13(11-24)6-8-15/h2-9,28H,10,12H2,1H3/t19-/m1/s1. The molecule has 0 saturated heterocycles. The van der Waals surface area contributed by atoms with Gasteiger partial charge in [0.1, 0.15) is 11.5 Å². The van der Waals surface area contributed by atoms with Crippen LogP contribution in [-0.4, -0.2) is 47.4 Å². The fourth-order valence-corrected chi connectivity index (χ4v) is 2.82. The molecule has 10 heteroatoms. The molecule has 1 aliphatic heterocycles. The third-order valence-corrected chi connectivity index (χ3v) is 4.42. The SMILES string of the molecule is COc1cccc(C2=NN(C(=O)COc3ccc(C#N)cc3)[C@](O)(C(F)(F)F)C2)c1. The first-order chi connectivity index (χ1) is 14.2. The Labute approximate surface area is 169 Å². The van der Waals surface area contributed by atoms with Crippen molar-refractivity contribution in [2.24, 2.45) is 5.10 Å². The first-order valence-electron chi connectivity index (χ1n) is 8.65. The van der Waals surface area contributed by atoms with Crippen molar-refractivity contribution in [3.05, 3.63) is 59.7 Å². The summed E-state index contributed by atoms with van der Waals surface area (Å²) in [6, 6.07) is 13.7. The van der Waals surface area contributed by atoms with Gasteiger partial charge in [0.05, 0.1) is 30.9 Å². The zero-order valence-corrected chi connectivity index (χ0v) is 15.7. The average Bonchev–Trinajstić information content (AvgIpc) is 3.11. The number of aliphatic hydroxyl groups is 1. The Balaban J connectivity index is 1.84. The first kappa shape index (κ1) is 21.1. The second-order valence-corrected chi connectivity index (χ2v) is 6.40. The molecule has 3 rings (SSSR count). The summed E-state index contributed by atoms with van der Waals surface area (Å²) >= 11 is 0. The van der Waals surface area contributed by atoms with E-state index in [4.69, 9.17) is 14.7 Å². The summed E-state index contributed by atoms with van der Waals surface area (Å²) < 4.78 is 51.1. The van der Waals surface area contributed by atoms with Crippen molar-refractivity contribution >= 4 is 11.6 Å². The number of amides is 1. The van der Waals surface area contributed by atoms with Crippen LogP contribution < -0.4 is 9.47 Å². The molecule has 1 atom stereocenters. The van der Waals surface area contributed by atoms with Crippen LogP contribution in [0.2, 0.25) is 0 Å². The van der Waals surface area contributed by atoms with Crippen LogP contribution in [0.25, 0.3) is 0 Å². The smallest absolute Gasteiger partial charge is 0.438 e. The number of ether oxygens (including phenoxy) is 2. The Morgan fingerprint density at radius 1 is 1.27 bits per heavy atom. The minimum atomic E-state index is -5.15. The number of benzene rings is 2. The van der Waals surface area contributed by atoms with Crippen LogP contribution in [0.3, 0.4) is 0 Å². The number of carbonyl (C=O) groups excluding carboxylic acids is 1. The molecule has 0 saturated carbocycles. The van der Waals surface area contributed by atoms with Crippen LogP contribution in [0.4, 0.5) is 13.2 Å². The molecule has 0 aromatic heterocycles. The molecule has 156 valence electrons. The second kappa shape index (κ2) is 8.04. The molecule has 2 aromatic rings. The van der Waals surface area contributed by atoms with E-state index in [1.165, 1.54) is 43.5 Å². The highest BCUT2D eigenvalue weighted by Gasteiger charge is 2.63. The lowest BCUT2D eigenvalue weighted by molar-refractivity contribution is -0.302. The number of hydrazone groups is 1. The molecule has 0 bridgehead atoms. The fourth-order valence-electron chi connectivity index (χ4n) is 2.82. The van der Waals surface area contributed by atoms with Crippen LogP contribution in [0.5, 0.6) is 11.5 Å². The van der Waals surface area contributed by atoms with Crippen LogP contribution >= 0.6 is 0 Å². The molecule has 1 aliphatic rings. The van der Waals surface area contributed by atoms with Gasteiger partial charge in [-0.05, 0) is 36.4 Å². The molecule has 1 N–H and O–H groups in total. The number of alkyl halides is 3. The monoisotopic (exact) mass is 419 g/mol. The summed E-state index contributed by atoms with van der Waals surface area (Å²) in [5, 5.41) is 22.8. The molecule has 1 amide bonds. The van der Waals surface area contributed by atoms with Crippen molar-refractivity contribution in [3.8, 4) is 17.6 Å². The van der Waals surface area contributed by atoms with E-state index in [1.54, 1.807) is 12.1 Å². The van der Waals surface area contributed by atoms with E-state index in [2.05, 4.69) is 5.10 Å². The Kier molecular flexibility index (Phi) is 5.67. The third kappa shape index (κ3) is 4.06. The summed E-state index contributed by atoms with van der Waals surface area (Å²) in [5.74, 6) is -0.620. The first-order valence-corrected chi connectivity index (χ1v) is 8.65. The van der Waals surface area contributed by atoms with Gasteiger partial charge in [0, 0.05) is 5.56 Å². The number of carbonyl (C=O) groups is 1. The maximum absolute atomic E-state index is 13.6. The van der Waals surface area contributed by atoms with Crippen LogP contribution in [0.1, 0.15) is 17.5 Å². The van der Waals surface area contributed by atoms with Gasteiger partial charge in [0.25, 0.3) is 11.6 Å². The van der Waals surface area contributed by atoms with Gasteiger partial charge in [-0.1, -0.05) is 12.1 Å². The van der Waals surface area contributed by atoms with Crippen LogP contribution in [-0.2, 0) is 4.79 Å². The number of hydrogen-bond acceptors (Lipinski definition) is 6. The van der Waals surface area contributed by atoms with E-state index in [9.17, 15) is 23.1 Å². The zero-order chi connectivity index (χ0) is 21.9. The number of rotatable bonds is 5. The van der Waals surface area contributed by atoms with Gasteiger partial charge in [-0.2, -0.15) is 28.5 Å². The Morgan fingerprint density at radius 3 is 2.57 bits per heavy atom. The molecule has 0 spiro atoms. The van der Waals surface area contributed by atoms with Gasteiger partial charge in [-0.15, -0.1) is 0 Å². The van der Waals surface area contributed by atoms with Gasteiger partial charge in [0.2, 0.25) is 0 Å². The number of nitriles is 1. The van der Waals surface area contributed by atoms with Crippen molar-refractivity contribution < 1.29 is 32.5 Å². The summed E-state index contributed by atoms with van der Waals surface area (Å²) in [6.07, 6.45) is -6.09. The van der Waals surface area contributed by atoms with Crippen molar-refractivity contribution in [2.45, 2.75) is 18.3 Å². The molecule has 2 aromatic carbocycles.